The molecule has 0 radical (unpaired) electrons. The minimum Gasteiger partial charge on any atom is -0.291 e. The van der Waals surface area contributed by atoms with Crippen molar-refractivity contribution in [3.05, 3.63) is 0 Å². The van der Waals surface area contributed by atoms with Crippen molar-refractivity contribution in [2.24, 2.45) is 15.9 Å². The van der Waals surface area contributed by atoms with Crippen molar-refractivity contribution in [1.29, 1.82) is 0 Å². The van der Waals surface area contributed by atoms with Crippen LogP contribution in [0.2, 0.25) is 0 Å². The zero-order valence-electron chi connectivity index (χ0n) is 5.04. The lowest BCUT2D eigenvalue weighted by Gasteiger charge is -1.98. The Labute approximate surface area is 49.3 Å². The van der Waals surface area contributed by atoms with Gasteiger partial charge >= 0.3 is 0 Å². The Morgan fingerprint density at radius 1 is 1.25 bits per heavy atom. The van der Waals surface area contributed by atoms with Crippen LogP contribution in [0, 0.1) is 5.92 Å². The highest BCUT2D eigenvalue weighted by Gasteiger charge is 1.97. The van der Waals surface area contributed by atoms with Crippen LogP contribution in [0.1, 0.15) is 6.92 Å². The van der Waals surface area contributed by atoms with E-state index < -0.39 is 0 Å². The first-order valence-electron chi connectivity index (χ1n) is 2.88. The van der Waals surface area contributed by atoms with Crippen molar-refractivity contribution in [3.8, 4) is 0 Å². The van der Waals surface area contributed by atoms with Crippen molar-refractivity contribution >= 4 is 12.4 Å². The van der Waals surface area contributed by atoms with E-state index in [0.717, 1.165) is 13.1 Å². The quantitative estimate of drug-likeness (QED) is 0.440. The number of hydrogen-bond acceptors (Lipinski definition) is 2. The van der Waals surface area contributed by atoms with Gasteiger partial charge in [0.05, 0.1) is 0 Å². The maximum Gasteiger partial charge on any atom is 0.0433 e. The summed E-state index contributed by atoms with van der Waals surface area (Å²) in [5.74, 6) is 0.630. The first kappa shape index (κ1) is 5.48. The molecule has 0 aromatic rings. The van der Waals surface area contributed by atoms with E-state index in [-0.39, 0.29) is 0 Å². The number of nitrogens with zero attached hydrogens (tertiary/aromatic N) is 2. The van der Waals surface area contributed by atoms with Crippen LogP contribution in [0.25, 0.3) is 0 Å². The molecule has 0 fully saturated rings. The summed E-state index contributed by atoms with van der Waals surface area (Å²) in [6.07, 6.45) is 3.53. The van der Waals surface area contributed by atoms with Crippen LogP contribution >= 0.6 is 0 Å². The van der Waals surface area contributed by atoms with Crippen molar-refractivity contribution in [3.63, 3.8) is 0 Å². The van der Waals surface area contributed by atoms with E-state index >= 15 is 0 Å². The molecule has 1 heterocycles. The van der Waals surface area contributed by atoms with Crippen molar-refractivity contribution < 1.29 is 0 Å². The van der Waals surface area contributed by atoms with Gasteiger partial charge in [0, 0.05) is 25.5 Å². The molecule has 2 heteroatoms. The van der Waals surface area contributed by atoms with Crippen LogP contribution in [0.4, 0.5) is 0 Å². The summed E-state index contributed by atoms with van der Waals surface area (Å²) in [5, 5.41) is 0. The maximum absolute atomic E-state index is 4.08. The summed E-state index contributed by atoms with van der Waals surface area (Å²) in [7, 11) is 0. The van der Waals surface area contributed by atoms with E-state index in [1.54, 1.807) is 12.4 Å². The van der Waals surface area contributed by atoms with E-state index in [4.69, 9.17) is 0 Å². The highest BCUT2D eigenvalue weighted by atomic mass is 14.8. The summed E-state index contributed by atoms with van der Waals surface area (Å²) in [6, 6.07) is 0. The van der Waals surface area contributed by atoms with E-state index in [9.17, 15) is 0 Å². The van der Waals surface area contributed by atoms with Crippen molar-refractivity contribution in [2.45, 2.75) is 6.92 Å². The Hall–Kier alpha value is -0.660. The average molecular weight is 110 g/mol. The Bertz CT molecular complexity index is 102. The fourth-order valence-corrected chi connectivity index (χ4v) is 0.634. The third-order valence-electron chi connectivity index (χ3n) is 1.11. The van der Waals surface area contributed by atoms with Gasteiger partial charge in [-0.05, 0) is 5.92 Å². The summed E-state index contributed by atoms with van der Waals surface area (Å²) < 4.78 is 0. The molecule has 0 aromatic carbocycles. The first-order valence-corrected chi connectivity index (χ1v) is 2.88. The molecule has 0 unspecified atom stereocenters. The predicted octanol–water partition coefficient (Wildman–Crippen LogP) is 0.778. The van der Waals surface area contributed by atoms with Gasteiger partial charge in [-0.1, -0.05) is 6.92 Å². The van der Waals surface area contributed by atoms with Gasteiger partial charge in [0.25, 0.3) is 0 Å². The Morgan fingerprint density at radius 3 is 2.25 bits per heavy atom. The van der Waals surface area contributed by atoms with Crippen LogP contribution in [-0.2, 0) is 0 Å². The molecule has 0 aliphatic carbocycles. The highest BCUT2D eigenvalue weighted by Crippen LogP contribution is 1.96. The molecule has 1 aliphatic rings. The van der Waals surface area contributed by atoms with Gasteiger partial charge in [-0.3, -0.25) is 9.98 Å². The Morgan fingerprint density at radius 2 is 1.75 bits per heavy atom. The van der Waals surface area contributed by atoms with E-state index in [1.807, 2.05) is 0 Å². The van der Waals surface area contributed by atoms with Crippen LogP contribution in [-0.4, -0.2) is 25.5 Å². The molecule has 0 amide bonds. The van der Waals surface area contributed by atoms with E-state index in [0.29, 0.717) is 5.92 Å². The molecule has 0 saturated heterocycles. The van der Waals surface area contributed by atoms with Crippen LogP contribution in [0.3, 0.4) is 0 Å². The number of hydrogen-bond donors (Lipinski definition) is 0. The Kier molecular flexibility index (Phi) is 1.78. The van der Waals surface area contributed by atoms with E-state index in [2.05, 4.69) is 16.9 Å². The summed E-state index contributed by atoms with van der Waals surface area (Å²) in [6.45, 7) is 4.01. The molecule has 0 N–H and O–H groups in total. The molecule has 0 spiro atoms. The fourth-order valence-electron chi connectivity index (χ4n) is 0.634. The molecule has 1 aliphatic heterocycles. The number of aliphatic imine (C=N–C) groups is 2. The molecule has 0 atom stereocenters. The van der Waals surface area contributed by atoms with Gasteiger partial charge in [0.2, 0.25) is 0 Å². The van der Waals surface area contributed by atoms with Crippen LogP contribution in [0.5, 0.6) is 0 Å². The molecule has 2 nitrogen and oxygen atoms in total. The van der Waals surface area contributed by atoms with Crippen molar-refractivity contribution in [1.82, 2.24) is 0 Å². The van der Waals surface area contributed by atoms with Gasteiger partial charge in [-0.25, -0.2) is 0 Å². The first-order chi connectivity index (χ1) is 3.89. The molecular weight excluding hydrogens is 100 g/mol. The second-order valence-corrected chi connectivity index (χ2v) is 2.13. The second-order valence-electron chi connectivity index (χ2n) is 2.13. The lowest BCUT2D eigenvalue weighted by atomic mass is 10.2. The lowest BCUT2D eigenvalue weighted by Crippen LogP contribution is -2.00. The second kappa shape index (κ2) is 2.60. The van der Waals surface area contributed by atoms with Gasteiger partial charge in [-0.2, -0.15) is 0 Å². The molecule has 0 aromatic heterocycles. The average Bonchev–Trinajstić information content (AvgIpc) is 1.94. The zero-order chi connectivity index (χ0) is 5.82. The fraction of sp³-hybridized carbons (Fsp3) is 0.667. The third kappa shape index (κ3) is 1.45. The van der Waals surface area contributed by atoms with E-state index in [1.165, 1.54) is 0 Å². The highest BCUT2D eigenvalue weighted by molar-refractivity contribution is 6.16. The molecule has 44 valence electrons. The molecular formula is C6H10N2. The topological polar surface area (TPSA) is 24.7 Å². The molecule has 0 saturated carbocycles. The largest absolute Gasteiger partial charge is 0.291 e. The van der Waals surface area contributed by atoms with Gasteiger partial charge in [0.1, 0.15) is 0 Å². The smallest absolute Gasteiger partial charge is 0.0433 e. The SMILES string of the molecule is CC1CN=CC=NC1. The maximum atomic E-state index is 4.08. The summed E-state index contributed by atoms with van der Waals surface area (Å²) >= 11 is 0. The number of rotatable bonds is 0. The molecule has 8 heavy (non-hydrogen) atoms. The van der Waals surface area contributed by atoms with Crippen LogP contribution in [0.15, 0.2) is 9.98 Å². The van der Waals surface area contributed by atoms with Gasteiger partial charge < -0.3 is 0 Å². The third-order valence-corrected chi connectivity index (χ3v) is 1.11. The summed E-state index contributed by atoms with van der Waals surface area (Å²) in [5.41, 5.74) is 0. The Balaban J connectivity index is 2.45. The molecule has 0 bridgehead atoms. The lowest BCUT2D eigenvalue weighted by molar-refractivity contribution is 0.617. The predicted molar refractivity (Wildman–Crippen MR) is 35.9 cm³/mol. The standard InChI is InChI=1S/C6H10N2/c1-6-4-7-2-3-8-5-6/h2-3,6H,4-5H2,1H3. The monoisotopic (exact) mass is 110 g/mol. The van der Waals surface area contributed by atoms with Crippen LogP contribution < -0.4 is 0 Å². The minimum absolute atomic E-state index is 0.630. The van der Waals surface area contributed by atoms with Gasteiger partial charge in [-0.15, -0.1) is 0 Å². The van der Waals surface area contributed by atoms with Gasteiger partial charge in [0.15, 0.2) is 0 Å². The van der Waals surface area contributed by atoms with Crippen molar-refractivity contribution in [2.75, 3.05) is 13.1 Å². The minimum atomic E-state index is 0.630. The molecule has 1 rings (SSSR count). The normalized spacial score (nSPS) is 21.1. The summed E-state index contributed by atoms with van der Waals surface area (Å²) in [4.78, 5) is 8.16. The zero-order valence-corrected chi connectivity index (χ0v) is 5.04.